The summed E-state index contributed by atoms with van der Waals surface area (Å²) < 4.78 is 5.38. The molecule has 8 nitrogen and oxygen atoms in total. The second-order valence-corrected chi connectivity index (χ2v) is 8.46. The first kappa shape index (κ1) is 21.5. The van der Waals surface area contributed by atoms with Crippen LogP contribution in [0.2, 0.25) is 0 Å². The topological polar surface area (TPSA) is 108 Å². The van der Waals surface area contributed by atoms with Crippen molar-refractivity contribution in [3.8, 4) is 0 Å². The molecule has 0 bridgehead atoms. The molecule has 27 heavy (non-hydrogen) atoms. The number of amides is 3. The Kier molecular flexibility index (Phi) is 7.08. The van der Waals surface area contributed by atoms with E-state index < -0.39 is 35.8 Å². The van der Waals surface area contributed by atoms with Crippen LogP contribution in [0.15, 0.2) is 0 Å². The maximum atomic E-state index is 12.8. The molecule has 3 N–H and O–H groups in total. The van der Waals surface area contributed by atoms with Gasteiger partial charge in [0.25, 0.3) is 5.91 Å². The van der Waals surface area contributed by atoms with E-state index in [-0.39, 0.29) is 11.9 Å². The minimum absolute atomic E-state index is 0.141. The van der Waals surface area contributed by atoms with E-state index >= 15 is 0 Å². The van der Waals surface area contributed by atoms with Gasteiger partial charge in [-0.1, -0.05) is 13.3 Å². The third kappa shape index (κ3) is 6.37. The molecule has 2 fully saturated rings. The largest absolute Gasteiger partial charge is 0.444 e. The summed E-state index contributed by atoms with van der Waals surface area (Å²) in [6.45, 7) is 7.72. The smallest absolute Gasteiger partial charge is 0.410 e. The van der Waals surface area contributed by atoms with Gasteiger partial charge in [0.1, 0.15) is 11.6 Å². The van der Waals surface area contributed by atoms with Crippen LogP contribution in [0, 0.1) is 0 Å². The van der Waals surface area contributed by atoms with Gasteiger partial charge in [0, 0.05) is 12.6 Å². The van der Waals surface area contributed by atoms with Crippen LogP contribution < -0.4 is 10.6 Å². The summed E-state index contributed by atoms with van der Waals surface area (Å²) in [6, 6.07) is -1.18. The summed E-state index contributed by atoms with van der Waals surface area (Å²) in [5, 5.41) is 15.9. The van der Waals surface area contributed by atoms with Crippen molar-refractivity contribution in [3.05, 3.63) is 0 Å². The SMILES string of the molecule is CCC[C@H](NC(=O)C1CCCN1C(=O)OC(C)(C)C)C(O)C(=O)NC1CC1. The number of likely N-dealkylation sites (tertiary alicyclic amines) is 1. The zero-order valence-electron chi connectivity index (χ0n) is 16.8. The van der Waals surface area contributed by atoms with Crippen LogP contribution in [0.5, 0.6) is 0 Å². The Labute approximate surface area is 161 Å². The van der Waals surface area contributed by atoms with Crippen LogP contribution in [0.4, 0.5) is 4.79 Å². The Morgan fingerprint density at radius 1 is 1.22 bits per heavy atom. The Hall–Kier alpha value is -1.83. The minimum Gasteiger partial charge on any atom is -0.444 e. The number of hydrogen-bond acceptors (Lipinski definition) is 5. The van der Waals surface area contributed by atoms with Crippen LogP contribution in [0.25, 0.3) is 0 Å². The van der Waals surface area contributed by atoms with Crippen molar-refractivity contribution in [1.29, 1.82) is 0 Å². The maximum absolute atomic E-state index is 12.8. The van der Waals surface area contributed by atoms with Crippen molar-refractivity contribution in [2.24, 2.45) is 0 Å². The molecule has 0 radical (unpaired) electrons. The van der Waals surface area contributed by atoms with Crippen molar-refractivity contribution in [2.75, 3.05) is 6.54 Å². The van der Waals surface area contributed by atoms with Crippen LogP contribution in [-0.2, 0) is 14.3 Å². The molecule has 2 aliphatic rings. The molecule has 0 aromatic heterocycles. The molecule has 2 unspecified atom stereocenters. The Morgan fingerprint density at radius 3 is 2.44 bits per heavy atom. The first-order chi connectivity index (χ1) is 12.6. The van der Waals surface area contributed by atoms with E-state index in [1.807, 2.05) is 6.92 Å². The molecule has 1 heterocycles. The number of nitrogens with zero attached hydrogens (tertiary/aromatic N) is 1. The lowest BCUT2D eigenvalue weighted by Gasteiger charge is -2.30. The molecule has 1 saturated heterocycles. The highest BCUT2D eigenvalue weighted by Gasteiger charge is 2.39. The standard InChI is InChI=1S/C19H33N3O5/c1-5-7-13(15(23)17(25)20-12-9-10-12)21-16(24)14-8-6-11-22(14)18(26)27-19(2,3)4/h12-15,23H,5-11H2,1-4H3,(H,20,25)(H,21,24)/t13-,14?,15?/m0/s1. The third-order valence-electron chi connectivity index (χ3n) is 4.68. The first-order valence-corrected chi connectivity index (χ1v) is 9.90. The molecule has 1 aliphatic heterocycles. The summed E-state index contributed by atoms with van der Waals surface area (Å²) in [6.07, 6.45) is 2.47. The fourth-order valence-electron chi connectivity index (χ4n) is 3.17. The van der Waals surface area contributed by atoms with Gasteiger partial charge in [-0.05, 0) is 52.9 Å². The predicted molar refractivity (Wildman–Crippen MR) is 100.0 cm³/mol. The van der Waals surface area contributed by atoms with Gasteiger partial charge in [0.15, 0.2) is 6.10 Å². The number of carbonyl (C=O) groups excluding carboxylic acids is 3. The van der Waals surface area contributed by atoms with Gasteiger partial charge in [-0.3, -0.25) is 14.5 Å². The average Bonchev–Trinajstić information content (AvgIpc) is 3.23. The third-order valence-corrected chi connectivity index (χ3v) is 4.68. The highest BCUT2D eigenvalue weighted by molar-refractivity contribution is 5.88. The zero-order valence-corrected chi connectivity index (χ0v) is 16.8. The molecular formula is C19H33N3O5. The van der Waals surface area contributed by atoms with Gasteiger partial charge in [-0.25, -0.2) is 4.79 Å². The zero-order chi connectivity index (χ0) is 20.2. The van der Waals surface area contributed by atoms with E-state index in [4.69, 9.17) is 4.74 Å². The van der Waals surface area contributed by atoms with Crippen LogP contribution in [0.3, 0.4) is 0 Å². The predicted octanol–water partition coefficient (Wildman–Crippen LogP) is 1.31. The van der Waals surface area contributed by atoms with Crippen molar-refractivity contribution < 1.29 is 24.2 Å². The van der Waals surface area contributed by atoms with E-state index in [0.717, 1.165) is 12.8 Å². The molecule has 1 aliphatic carbocycles. The fraction of sp³-hybridized carbons (Fsp3) is 0.842. The summed E-state index contributed by atoms with van der Waals surface area (Å²) in [7, 11) is 0. The molecule has 2 rings (SSSR count). The molecule has 154 valence electrons. The number of ether oxygens (including phenoxy) is 1. The minimum atomic E-state index is -1.30. The number of carbonyl (C=O) groups is 3. The van der Waals surface area contributed by atoms with Gasteiger partial charge in [-0.2, -0.15) is 0 Å². The molecule has 0 aromatic rings. The van der Waals surface area contributed by atoms with Crippen LogP contribution in [0.1, 0.15) is 66.2 Å². The number of nitrogens with one attached hydrogen (secondary N) is 2. The number of aliphatic hydroxyl groups is 1. The lowest BCUT2D eigenvalue weighted by atomic mass is 10.0. The fourth-order valence-corrected chi connectivity index (χ4v) is 3.17. The van der Waals surface area contributed by atoms with Crippen LogP contribution >= 0.6 is 0 Å². The maximum Gasteiger partial charge on any atom is 0.410 e. The Morgan fingerprint density at radius 2 is 1.89 bits per heavy atom. The number of aliphatic hydroxyl groups excluding tert-OH is 1. The van der Waals surface area contributed by atoms with E-state index in [1.165, 1.54) is 4.90 Å². The number of hydrogen-bond donors (Lipinski definition) is 3. The van der Waals surface area contributed by atoms with E-state index in [9.17, 15) is 19.5 Å². The summed E-state index contributed by atoms with van der Waals surface area (Å²) in [5.41, 5.74) is -0.636. The van der Waals surface area contributed by atoms with Crippen LogP contribution in [-0.4, -0.2) is 64.3 Å². The molecule has 3 amide bonds. The lowest BCUT2D eigenvalue weighted by Crippen LogP contribution is -2.55. The molecule has 1 saturated carbocycles. The molecule has 0 spiro atoms. The highest BCUT2D eigenvalue weighted by Crippen LogP contribution is 2.22. The molecule has 3 atom stereocenters. The quantitative estimate of drug-likeness (QED) is 0.614. The summed E-state index contributed by atoms with van der Waals surface area (Å²) >= 11 is 0. The van der Waals surface area contributed by atoms with E-state index in [1.54, 1.807) is 20.8 Å². The Balaban J connectivity index is 1.98. The van der Waals surface area contributed by atoms with E-state index in [2.05, 4.69) is 10.6 Å². The van der Waals surface area contributed by atoms with Gasteiger partial charge in [0.2, 0.25) is 5.91 Å². The first-order valence-electron chi connectivity index (χ1n) is 9.90. The second kappa shape index (κ2) is 8.91. The van der Waals surface area contributed by atoms with Crippen molar-refractivity contribution >= 4 is 17.9 Å². The Bertz CT molecular complexity index is 556. The van der Waals surface area contributed by atoms with E-state index in [0.29, 0.717) is 32.2 Å². The monoisotopic (exact) mass is 383 g/mol. The molecule has 8 heteroatoms. The number of rotatable bonds is 7. The van der Waals surface area contributed by atoms with Crippen molar-refractivity contribution in [1.82, 2.24) is 15.5 Å². The van der Waals surface area contributed by atoms with Crippen molar-refractivity contribution in [3.63, 3.8) is 0 Å². The van der Waals surface area contributed by atoms with Gasteiger partial charge < -0.3 is 20.5 Å². The van der Waals surface area contributed by atoms with Gasteiger partial charge in [-0.15, -0.1) is 0 Å². The summed E-state index contributed by atoms with van der Waals surface area (Å²) in [5.74, 6) is -0.804. The van der Waals surface area contributed by atoms with Crippen molar-refractivity contribution in [2.45, 2.75) is 96.1 Å². The second-order valence-electron chi connectivity index (χ2n) is 8.46. The highest BCUT2D eigenvalue weighted by atomic mass is 16.6. The summed E-state index contributed by atoms with van der Waals surface area (Å²) in [4.78, 5) is 38.7. The molecule has 0 aromatic carbocycles. The average molecular weight is 383 g/mol. The molecular weight excluding hydrogens is 350 g/mol. The van der Waals surface area contributed by atoms with Gasteiger partial charge in [0.05, 0.1) is 6.04 Å². The normalized spacial score (nSPS) is 22.1. The van der Waals surface area contributed by atoms with Gasteiger partial charge >= 0.3 is 6.09 Å². The lowest BCUT2D eigenvalue weighted by molar-refractivity contribution is -0.133.